The van der Waals surface area contributed by atoms with Gasteiger partial charge in [-0.1, -0.05) is 60.7 Å². The van der Waals surface area contributed by atoms with Crippen molar-refractivity contribution >= 4 is 5.91 Å². The summed E-state index contributed by atoms with van der Waals surface area (Å²) in [4.78, 5) is 13.3. The van der Waals surface area contributed by atoms with Crippen LogP contribution in [0.3, 0.4) is 0 Å². The normalized spacial score (nSPS) is 17.9. The largest absolute Gasteiger partial charge is 0.345 e. The van der Waals surface area contributed by atoms with Crippen LogP contribution >= 0.6 is 0 Å². The van der Waals surface area contributed by atoms with Crippen molar-refractivity contribution in [3.8, 4) is 0 Å². The molecular weight excluding hydrogens is 262 g/mol. The van der Waals surface area contributed by atoms with Crippen LogP contribution in [0, 0.1) is 0 Å². The molecule has 1 atom stereocenters. The van der Waals surface area contributed by atoms with Crippen LogP contribution in [-0.4, -0.2) is 23.6 Å². The first kappa shape index (κ1) is 13.8. The third kappa shape index (κ3) is 2.83. The number of ether oxygens (including phenoxy) is 1. The van der Waals surface area contributed by atoms with Crippen molar-refractivity contribution < 1.29 is 9.53 Å². The summed E-state index contributed by atoms with van der Waals surface area (Å²) < 4.78 is 6.24. The third-order valence-electron chi connectivity index (χ3n) is 3.86. The molecule has 1 fully saturated rings. The van der Waals surface area contributed by atoms with Crippen LogP contribution in [0.1, 0.15) is 30.6 Å². The van der Waals surface area contributed by atoms with Gasteiger partial charge in [0, 0.05) is 6.54 Å². The van der Waals surface area contributed by atoms with Gasteiger partial charge >= 0.3 is 0 Å². The number of likely N-dealkylation sites (tertiary alicyclic amines) is 1. The van der Waals surface area contributed by atoms with Gasteiger partial charge in [-0.25, -0.2) is 0 Å². The maximum atomic E-state index is 11.6. The van der Waals surface area contributed by atoms with E-state index in [2.05, 4.69) is 24.3 Å². The molecule has 0 aromatic heterocycles. The summed E-state index contributed by atoms with van der Waals surface area (Å²) in [6.45, 7) is 2.67. The molecular formula is C18H19NO2. The monoisotopic (exact) mass is 281 g/mol. The lowest BCUT2D eigenvalue weighted by atomic mass is 10.0. The Balaban J connectivity index is 1.85. The molecule has 0 bridgehead atoms. The van der Waals surface area contributed by atoms with Crippen molar-refractivity contribution in [3.63, 3.8) is 0 Å². The lowest BCUT2D eigenvalue weighted by Gasteiger charge is -2.41. The zero-order valence-corrected chi connectivity index (χ0v) is 12.1. The fourth-order valence-electron chi connectivity index (χ4n) is 2.69. The lowest BCUT2D eigenvalue weighted by Crippen LogP contribution is -2.54. The molecule has 0 aliphatic carbocycles. The molecule has 1 heterocycles. The van der Waals surface area contributed by atoms with Gasteiger partial charge in [0.05, 0.1) is 6.42 Å². The number of benzene rings is 2. The molecule has 3 nitrogen and oxygen atoms in total. The Morgan fingerprint density at radius 1 is 1.05 bits per heavy atom. The number of carbonyl (C=O) groups excluding carboxylic acids is 1. The summed E-state index contributed by atoms with van der Waals surface area (Å²) in [5, 5.41) is 0. The van der Waals surface area contributed by atoms with E-state index in [0.717, 1.165) is 11.1 Å². The Morgan fingerprint density at radius 3 is 2.00 bits per heavy atom. The lowest BCUT2D eigenvalue weighted by molar-refractivity contribution is -0.180. The first-order valence-electron chi connectivity index (χ1n) is 7.34. The van der Waals surface area contributed by atoms with Gasteiger partial charge in [-0.15, -0.1) is 0 Å². The van der Waals surface area contributed by atoms with Crippen molar-refractivity contribution in [1.29, 1.82) is 0 Å². The van der Waals surface area contributed by atoms with Crippen molar-refractivity contribution in [3.05, 3.63) is 71.8 Å². The Morgan fingerprint density at radius 2 is 1.57 bits per heavy atom. The number of carbonyl (C=O) groups is 1. The smallest absolute Gasteiger partial charge is 0.229 e. The second kappa shape index (κ2) is 6.10. The standard InChI is InChI=1S/C18H19NO2/c1-2-19-16(20)13-17(19)21-18(14-9-5-3-6-10-14)15-11-7-4-8-12-15/h3-12,17-18H,2,13H2,1H3. The van der Waals surface area contributed by atoms with Gasteiger partial charge in [-0.3, -0.25) is 4.79 Å². The Hall–Kier alpha value is -2.13. The van der Waals surface area contributed by atoms with Crippen LogP contribution in [0.4, 0.5) is 0 Å². The van der Waals surface area contributed by atoms with Crippen LogP contribution < -0.4 is 0 Å². The van der Waals surface area contributed by atoms with E-state index in [0.29, 0.717) is 13.0 Å². The summed E-state index contributed by atoms with van der Waals surface area (Å²) in [6.07, 6.45) is 0.219. The third-order valence-corrected chi connectivity index (χ3v) is 3.86. The maximum absolute atomic E-state index is 11.6. The molecule has 3 rings (SSSR count). The number of β-lactam (4-membered cyclic amide) rings is 1. The minimum Gasteiger partial charge on any atom is -0.345 e. The quantitative estimate of drug-likeness (QED) is 0.786. The van der Waals surface area contributed by atoms with Gasteiger partial charge in [-0.2, -0.15) is 0 Å². The molecule has 3 heteroatoms. The number of amides is 1. The van der Waals surface area contributed by atoms with Gasteiger partial charge in [0.1, 0.15) is 12.3 Å². The fourth-order valence-corrected chi connectivity index (χ4v) is 2.69. The van der Waals surface area contributed by atoms with Crippen LogP contribution in [0.15, 0.2) is 60.7 Å². The maximum Gasteiger partial charge on any atom is 0.229 e. The zero-order chi connectivity index (χ0) is 14.7. The number of hydrogen-bond acceptors (Lipinski definition) is 2. The first-order valence-corrected chi connectivity index (χ1v) is 7.34. The molecule has 0 spiro atoms. The highest BCUT2D eigenvalue weighted by molar-refractivity contribution is 5.82. The van der Waals surface area contributed by atoms with E-state index < -0.39 is 0 Å². The fraction of sp³-hybridized carbons (Fsp3) is 0.278. The van der Waals surface area contributed by atoms with E-state index in [1.807, 2.05) is 43.3 Å². The van der Waals surface area contributed by atoms with E-state index in [4.69, 9.17) is 4.74 Å². The van der Waals surface area contributed by atoms with Gasteiger partial charge < -0.3 is 9.64 Å². The second-order valence-electron chi connectivity index (χ2n) is 5.18. The summed E-state index contributed by atoms with van der Waals surface area (Å²) in [6, 6.07) is 20.3. The highest BCUT2D eigenvalue weighted by atomic mass is 16.5. The average Bonchev–Trinajstić information content (AvgIpc) is 2.53. The van der Waals surface area contributed by atoms with Crippen molar-refractivity contribution in [1.82, 2.24) is 4.90 Å². The Kier molecular flexibility index (Phi) is 4.02. The molecule has 1 amide bonds. The second-order valence-corrected chi connectivity index (χ2v) is 5.18. The van der Waals surface area contributed by atoms with E-state index in [-0.39, 0.29) is 18.2 Å². The predicted molar refractivity (Wildman–Crippen MR) is 81.6 cm³/mol. The summed E-state index contributed by atoms with van der Waals surface area (Å²) in [5.74, 6) is 0.169. The van der Waals surface area contributed by atoms with E-state index in [1.54, 1.807) is 4.90 Å². The van der Waals surface area contributed by atoms with Gasteiger partial charge in [0.2, 0.25) is 5.91 Å². The number of hydrogen-bond donors (Lipinski definition) is 0. The zero-order valence-electron chi connectivity index (χ0n) is 12.1. The number of nitrogens with zero attached hydrogens (tertiary/aromatic N) is 1. The van der Waals surface area contributed by atoms with E-state index in [1.165, 1.54) is 0 Å². The van der Waals surface area contributed by atoms with E-state index >= 15 is 0 Å². The van der Waals surface area contributed by atoms with Crippen LogP contribution in [0.25, 0.3) is 0 Å². The minimum atomic E-state index is -0.139. The first-order chi connectivity index (χ1) is 10.3. The van der Waals surface area contributed by atoms with E-state index in [9.17, 15) is 4.79 Å². The van der Waals surface area contributed by atoms with Crippen LogP contribution in [0.2, 0.25) is 0 Å². The molecule has 1 aliphatic rings. The molecule has 1 saturated heterocycles. The van der Waals surface area contributed by atoms with Crippen molar-refractivity contribution in [2.75, 3.05) is 6.54 Å². The average molecular weight is 281 g/mol. The molecule has 0 saturated carbocycles. The molecule has 1 unspecified atom stereocenters. The summed E-state index contributed by atoms with van der Waals surface area (Å²) >= 11 is 0. The van der Waals surface area contributed by atoms with Gasteiger partial charge in [0.15, 0.2) is 0 Å². The molecule has 2 aromatic carbocycles. The number of rotatable bonds is 5. The molecule has 2 aromatic rings. The molecule has 108 valence electrons. The molecule has 0 N–H and O–H groups in total. The Labute approximate surface area is 125 Å². The van der Waals surface area contributed by atoms with Crippen LogP contribution in [0.5, 0.6) is 0 Å². The summed E-state index contributed by atoms with van der Waals surface area (Å²) in [7, 11) is 0. The van der Waals surface area contributed by atoms with Crippen LogP contribution in [-0.2, 0) is 9.53 Å². The Bertz CT molecular complexity index is 558. The van der Waals surface area contributed by atoms with Crippen molar-refractivity contribution in [2.45, 2.75) is 25.7 Å². The summed E-state index contributed by atoms with van der Waals surface area (Å²) in [5.41, 5.74) is 2.22. The highest BCUT2D eigenvalue weighted by Crippen LogP contribution is 2.32. The minimum absolute atomic E-state index is 0.118. The predicted octanol–water partition coefficient (Wildman–Crippen LogP) is 3.37. The van der Waals surface area contributed by atoms with Gasteiger partial charge in [0.25, 0.3) is 0 Å². The van der Waals surface area contributed by atoms with Crippen molar-refractivity contribution in [2.24, 2.45) is 0 Å². The van der Waals surface area contributed by atoms with Gasteiger partial charge in [-0.05, 0) is 18.1 Å². The molecule has 0 radical (unpaired) electrons. The highest BCUT2D eigenvalue weighted by Gasteiger charge is 2.37. The SMILES string of the molecule is CCN1C(=O)CC1OC(c1ccccc1)c1ccccc1. The molecule has 21 heavy (non-hydrogen) atoms. The topological polar surface area (TPSA) is 29.5 Å². The molecule has 1 aliphatic heterocycles.